The van der Waals surface area contributed by atoms with Crippen molar-refractivity contribution in [2.45, 2.75) is 6.92 Å². The first-order valence-electron chi connectivity index (χ1n) is 6.96. The fourth-order valence-corrected chi connectivity index (χ4v) is 2.09. The molecule has 0 unspecified atom stereocenters. The van der Waals surface area contributed by atoms with Gasteiger partial charge < -0.3 is 10.2 Å². The van der Waals surface area contributed by atoms with Crippen molar-refractivity contribution in [2.24, 2.45) is 0 Å². The van der Waals surface area contributed by atoms with Crippen molar-refractivity contribution in [3.8, 4) is 0 Å². The molecule has 2 aromatic rings. The molecule has 0 saturated heterocycles. The maximum Gasteiger partial charge on any atom is 0.316 e. The summed E-state index contributed by atoms with van der Waals surface area (Å²) in [6, 6.07) is 14.4. The number of hydrogen-bond donors (Lipinski definition) is 1. The van der Waals surface area contributed by atoms with Gasteiger partial charge in [-0.05, 0) is 25.1 Å². The smallest absolute Gasteiger partial charge is 0.312 e. The number of carbonyl (C=O) groups excluding carboxylic acids is 2. The molecule has 0 fully saturated rings. The molecule has 2 rings (SSSR count). The Kier molecular flexibility index (Phi) is 5.03. The fourth-order valence-electron chi connectivity index (χ4n) is 2.09. The maximum absolute atomic E-state index is 12.3. The minimum absolute atomic E-state index is 0.0139. The molecule has 0 heterocycles. The third-order valence-electron chi connectivity index (χ3n) is 3.17. The number of rotatable bonds is 4. The average Bonchev–Trinajstić information content (AvgIpc) is 2.56. The van der Waals surface area contributed by atoms with Crippen LogP contribution in [0.3, 0.4) is 0 Å². The van der Waals surface area contributed by atoms with E-state index in [1.807, 2.05) is 0 Å². The van der Waals surface area contributed by atoms with Gasteiger partial charge in [-0.25, -0.2) is 0 Å². The van der Waals surface area contributed by atoms with Crippen molar-refractivity contribution in [1.82, 2.24) is 0 Å². The van der Waals surface area contributed by atoms with E-state index < -0.39 is 16.7 Å². The molecule has 0 bridgehead atoms. The third kappa shape index (κ3) is 3.70. The third-order valence-corrected chi connectivity index (χ3v) is 3.17. The van der Waals surface area contributed by atoms with Gasteiger partial charge in [0, 0.05) is 18.3 Å². The Labute approximate surface area is 132 Å². The number of benzene rings is 2. The molecule has 0 aliphatic rings. The Bertz CT molecular complexity index is 731. The number of hydrogen-bond acceptors (Lipinski definition) is 4. The van der Waals surface area contributed by atoms with E-state index in [1.54, 1.807) is 43.3 Å². The lowest BCUT2D eigenvalue weighted by molar-refractivity contribution is -0.383. The van der Waals surface area contributed by atoms with Crippen LogP contribution in [0.2, 0.25) is 0 Å². The number of anilines is 2. The van der Waals surface area contributed by atoms with Gasteiger partial charge in [0.05, 0.1) is 4.92 Å². The molecular formula is C16H15N3O4. The van der Waals surface area contributed by atoms with E-state index in [4.69, 9.17) is 0 Å². The number of nitro benzene ring substituents is 1. The molecule has 0 atom stereocenters. The number of nitrogens with one attached hydrogen (secondary N) is 1. The zero-order chi connectivity index (χ0) is 16.8. The number of nitrogens with zero attached hydrogens (tertiary/aromatic N) is 2. The van der Waals surface area contributed by atoms with Gasteiger partial charge in [-0.15, -0.1) is 0 Å². The molecule has 2 amide bonds. The van der Waals surface area contributed by atoms with Crippen molar-refractivity contribution < 1.29 is 14.5 Å². The zero-order valence-corrected chi connectivity index (χ0v) is 12.4. The molecule has 118 valence electrons. The van der Waals surface area contributed by atoms with E-state index in [-0.39, 0.29) is 11.4 Å². The molecule has 7 heteroatoms. The number of carbonyl (C=O) groups is 2. The molecule has 7 nitrogen and oxygen atoms in total. The topological polar surface area (TPSA) is 92.6 Å². The van der Waals surface area contributed by atoms with E-state index in [2.05, 4.69) is 5.32 Å². The number of amides is 2. The summed E-state index contributed by atoms with van der Waals surface area (Å²) < 4.78 is 0. The van der Waals surface area contributed by atoms with Crippen LogP contribution in [0.15, 0.2) is 54.6 Å². The number of nitro groups is 1. The second-order valence-electron chi connectivity index (χ2n) is 4.61. The highest BCUT2D eigenvalue weighted by molar-refractivity contribution is 6.44. The summed E-state index contributed by atoms with van der Waals surface area (Å²) in [5, 5.41) is 13.2. The molecule has 23 heavy (non-hydrogen) atoms. The summed E-state index contributed by atoms with van der Waals surface area (Å²) in [5.74, 6) is -1.71. The highest BCUT2D eigenvalue weighted by atomic mass is 16.6. The van der Waals surface area contributed by atoms with Gasteiger partial charge >= 0.3 is 11.8 Å². The van der Waals surface area contributed by atoms with Gasteiger partial charge in [-0.1, -0.05) is 30.3 Å². The van der Waals surface area contributed by atoms with Gasteiger partial charge in [0.1, 0.15) is 5.69 Å². The Morgan fingerprint density at radius 1 is 1.09 bits per heavy atom. The predicted molar refractivity (Wildman–Crippen MR) is 86.2 cm³/mol. The molecular weight excluding hydrogens is 298 g/mol. The quantitative estimate of drug-likeness (QED) is 0.533. The second kappa shape index (κ2) is 7.17. The Balaban J connectivity index is 2.20. The van der Waals surface area contributed by atoms with Crippen LogP contribution in [-0.4, -0.2) is 23.3 Å². The van der Waals surface area contributed by atoms with Crippen molar-refractivity contribution in [3.05, 3.63) is 64.7 Å². The Morgan fingerprint density at radius 3 is 2.30 bits per heavy atom. The standard InChI is InChI=1S/C16H15N3O4/c1-2-18(12-8-4-3-5-9-12)16(21)15(20)17-13-10-6-7-11-14(13)19(22)23/h3-11H,2H2,1H3,(H,17,20). The lowest BCUT2D eigenvalue weighted by Gasteiger charge is -2.20. The van der Waals surface area contributed by atoms with Crippen molar-refractivity contribution >= 4 is 28.9 Å². The number of para-hydroxylation sites is 3. The van der Waals surface area contributed by atoms with Crippen molar-refractivity contribution in [2.75, 3.05) is 16.8 Å². The fraction of sp³-hybridized carbons (Fsp3) is 0.125. The monoisotopic (exact) mass is 313 g/mol. The normalized spacial score (nSPS) is 9.96. The molecule has 2 aromatic carbocycles. The van der Waals surface area contributed by atoms with E-state index in [9.17, 15) is 19.7 Å². The first-order chi connectivity index (χ1) is 11.0. The minimum atomic E-state index is -0.926. The van der Waals surface area contributed by atoms with Gasteiger partial charge in [0.25, 0.3) is 5.69 Å². The van der Waals surface area contributed by atoms with E-state index >= 15 is 0 Å². The Hall–Kier alpha value is -3.22. The Morgan fingerprint density at radius 2 is 1.70 bits per heavy atom. The molecule has 0 radical (unpaired) electrons. The second-order valence-corrected chi connectivity index (χ2v) is 4.61. The van der Waals surface area contributed by atoms with Gasteiger partial charge in [-0.2, -0.15) is 0 Å². The highest BCUT2D eigenvalue weighted by Gasteiger charge is 2.24. The molecule has 0 aromatic heterocycles. The van der Waals surface area contributed by atoms with Gasteiger partial charge in [-0.3, -0.25) is 19.7 Å². The summed E-state index contributed by atoms with van der Waals surface area (Å²) in [5.41, 5.74) is 0.300. The summed E-state index contributed by atoms with van der Waals surface area (Å²) in [4.78, 5) is 36.1. The zero-order valence-electron chi connectivity index (χ0n) is 12.4. The average molecular weight is 313 g/mol. The van der Waals surface area contributed by atoms with Crippen LogP contribution >= 0.6 is 0 Å². The van der Waals surface area contributed by atoms with Crippen LogP contribution in [0.4, 0.5) is 17.1 Å². The maximum atomic E-state index is 12.3. The van der Waals surface area contributed by atoms with Crippen molar-refractivity contribution in [1.29, 1.82) is 0 Å². The molecule has 0 saturated carbocycles. The van der Waals surface area contributed by atoms with Gasteiger partial charge in [0.15, 0.2) is 0 Å². The molecule has 0 aliphatic heterocycles. The van der Waals surface area contributed by atoms with Crippen LogP contribution in [0.25, 0.3) is 0 Å². The molecule has 1 N–H and O–H groups in total. The lowest BCUT2D eigenvalue weighted by atomic mass is 10.2. The summed E-state index contributed by atoms with van der Waals surface area (Å²) >= 11 is 0. The first-order valence-corrected chi connectivity index (χ1v) is 6.96. The largest absolute Gasteiger partial charge is 0.316 e. The van der Waals surface area contributed by atoms with E-state index in [0.717, 1.165) is 0 Å². The predicted octanol–water partition coefficient (Wildman–Crippen LogP) is 2.59. The van der Waals surface area contributed by atoms with E-state index in [1.165, 1.54) is 23.1 Å². The van der Waals surface area contributed by atoms with Crippen LogP contribution in [0.1, 0.15) is 6.92 Å². The number of likely N-dealkylation sites (N-methyl/N-ethyl adjacent to an activating group) is 1. The van der Waals surface area contributed by atoms with E-state index in [0.29, 0.717) is 12.2 Å². The van der Waals surface area contributed by atoms with Crippen LogP contribution < -0.4 is 10.2 Å². The first kappa shape index (κ1) is 16.2. The summed E-state index contributed by atoms with van der Waals surface area (Å²) in [6.45, 7) is 2.04. The molecule has 0 spiro atoms. The SMILES string of the molecule is CCN(C(=O)C(=O)Nc1ccccc1[N+](=O)[O-])c1ccccc1. The molecule has 0 aliphatic carbocycles. The van der Waals surface area contributed by atoms with Gasteiger partial charge in [0.2, 0.25) is 0 Å². The van der Waals surface area contributed by atoms with Crippen LogP contribution in [0.5, 0.6) is 0 Å². The van der Waals surface area contributed by atoms with Crippen LogP contribution in [-0.2, 0) is 9.59 Å². The highest BCUT2D eigenvalue weighted by Crippen LogP contribution is 2.23. The summed E-state index contributed by atoms with van der Waals surface area (Å²) in [6.07, 6.45) is 0. The lowest BCUT2D eigenvalue weighted by Crippen LogP contribution is -2.39. The van der Waals surface area contributed by atoms with Crippen LogP contribution in [0, 0.1) is 10.1 Å². The summed E-state index contributed by atoms with van der Waals surface area (Å²) in [7, 11) is 0. The van der Waals surface area contributed by atoms with Crippen molar-refractivity contribution in [3.63, 3.8) is 0 Å². The minimum Gasteiger partial charge on any atom is -0.312 e.